The number of halogens is 4. The van der Waals surface area contributed by atoms with E-state index in [1.807, 2.05) is 13.0 Å². The van der Waals surface area contributed by atoms with Crippen molar-refractivity contribution in [1.29, 1.82) is 0 Å². The van der Waals surface area contributed by atoms with Crippen molar-refractivity contribution in [3.63, 3.8) is 0 Å². The topological polar surface area (TPSA) is 63.4 Å². The Labute approximate surface area is 224 Å². The van der Waals surface area contributed by atoms with Gasteiger partial charge >= 0.3 is 12.1 Å². The predicted molar refractivity (Wildman–Crippen MR) is 134 cm³/mol. The smallest absolute Gasteiger partial charge is 0.446 e. The number of rotatable bonds is 4. The van der Waals surface area contributed by atoms with Crippen LogP contribution in [0.2, 0.25) is 0 Å². The van der Waals surface area contributed by atoms with Crippen molar-refractivity contribution in [2.24, 2.45) is 0 Å². The van der Waals surface area contributed by atoms with Gasteiger partial charge < -0.3 is 14.4 Å². The Hall–Kier alpha value is -3.33. The van der Waals surface area contributed by atoms with Gasteiger partial charge in [-0.3, -0.25) is 9.69 Å². The average Bonchev–Trinajstić information content (AvgIpc) is 3.29. The molecule has 2 aromatic carbocycles. The lowest BCUT2D eigenvalue weighted by Gasteiger charge is -2.46. The Balaban J connectivity index is 0.000000531. The van der Waals surface area contributed by atoms with Gasteiger partial charge in [-0.25, -0.2) is 14.0 Å². The third kappa shape index (κ3) is 6.46. The van der Waals surface area contributed by atoms with Crippen LogP contribution in [0.3, 0.4) is 0 Å². The standard InChI is InChI=1S/C26H28FN3O3.C2HF3O/c1-16-18(4-5-21-22(16)15-33-26(21)31)8-9-29-10-11-30-13-24(32-14-19(30)12-29)20-6-7-23(27)25(28-3)17(20)2;3-2(4,5)1-6/h4-7,19,24H,8-15H2,1-2H3;1H/t19-,24+;/m0./s1. The molecule has 39 heavy (non-hydrogen) atoms. The lowest BCUT2D eigenvalue weighted by Crippen LogP contribution is -2.58. The number of ether oxygens (including phenoxy) is 2. The van der Waals surface area contributed by atoms with Crippen LogP contribution < -0.4 is 0 Å². The summed E-state index contributed by atoms with van der Waals surface area (Å²) in [6, 6.07) is 7.44. The summed E-state index contributed by atoms with van der Waals surface area (Å²) in [5, 5.41) is 0. The Kier molecular flexibility index (Phi) is 8.69. The van der Waals surface area contributed by atoms with Gasteiger partial charge in [-0.15, -0.1) is 0 Å². The van der Waals surface area contributed by atoms with Crippen LogP contribution in [-0.2, 0) is 27.3 Å². The van der Waals surface area contributed by atoms with E-state index in [1.54, 1.807) is 6.07 Å². The third-order valence-corrected chi connectivity index (χ3v) is 7.57. The number of cyclic esters (lactones) is 1. The van der Waals surface area contributed by atoms with Crippen molar-refractivity contribution in [2.75, 3.05) is 39.3 Å². The molecule has 2 saturated heterocycles. The zero-order valence-corrected chi connectivity index (χ0v) is 21.7. The van der Waals surface area contributed by atoms with Crippen LogP contribution in [0.5, 0.6) is 0 Å². The van der Waals surface area contributed by atoms with E-state index in [2.05, 4.69) is 27.6 Å². The van der Waals surface area contributed by atoms with E-state index in [-0.39, 0.29) is 17.8 Å². The van der Waals surface area contributed by atoms with Gasteiger partial charge in [0.1, 0.15) is 12.4 Å². The number of morpholine rings is 1. The fourth-order valence-corrected chi connectivity index (χ4v) is 5.36. The van der Waals surface area contributed by atoms with Crippen molar-refractivity contribution < 1.29 is 36.6 Å². The normalized spacial score (nSPS) is 21.2. The largest absolute Gasteiger partial charge is 0.457 e. The van der Waals surface area contributed by atoms with E-state index < -0.39 is 18.3 Å². The first-order chi connectivity index (χ1) is 18.5. The summed E-state index contributed by atoms with van der Waals surface area (Å²) in [6.45, 7) is 16.8. The van der Waals surface area contributed by atoms with Crippen LogP contribution >= 0.6 is 0 Å². The molecule has 208 valence electrons. The van der Waals surface area contributed by atoms with E-state index in [0.717, 1.165) is 50.3 Å². The van der Waals surface area contributed by atoms with E-state index in [9.17, 15) is 22.4 Å². The molecule has 0 aromatic heterocycles. The number of benzene rings is 2. The number of piperazine rings is 1. The number of fused-ring (bicyclic) bond motifs is 2. The van der Waals surface area contributed by atoms with Crippen molar-refractivity contribution in [3.8, 4) is 0 Å². The highest BCUT2D eigenvalue weighted by molar-refractivity contribution is 5.93. The number of esters is 1. The van der Waals surface area contributed by atoms with Crippen molar-refractivity contribution in [3.05, 3.63) is 74.9 Å². The quantitative estimate of drug-likeness (QED) is 0.239. The Morgan fingerprint density at radius 1 is 1.13 bits per heavy atom. The molecule has 3 aliphatic rings. The maximum absolute atomic E-state index is 13.9. The first kappa shape index (κ1) is 28.7. The number of hydrogen-bond donors (Lipinski definition) is 0. The zero-order valence-electron chi connectivity index (χ0n) is 21.7. The molecule has 5 rings (SSSR count). The summed E-state index contributed by atoms with van der Waals surface area (Å²) in [5.74, 6) is -0.682. The fourth-order valence-electron chi connectivity index (χ4n) is 5.36. The summed E-state index contributed by atoms with van der Waals surface area (Å²) in [7, 11) is 0. The molecule has 0 amide bonds. The average molecular weight is 548 g/mol. The van der Waals surface area contributed by atoms with E-state index >= 15 is 0 Å². The number of carbonyl (C=O) groups is 2. The first-order valence-electron chi connectivity index (χ1n) is 12.6. The Morgan fingerprint density at radius 2 is 1.87 bits per heavy atom. The lowest BCUT2D eigenvalue weighted by atomic mass is 9.96. The van der Waals surface area contributed by atoms with Crippen molar-refractivity contribution in [2.45, 2.75) is 45.2 Å². The van der Waals surface area contributed by atoms with Gasteiger partial charge in [0.25, 0.3) is 0 Å². The SMILES string of the molecule is O=CC(F)(F)F.[C-]#[N+]c1c(F)ccc([C@H]2CN3CCN(CCc4ccc5c(c4C)COC5=O)C[C@H]3CO2)c1C. The molecule has 3 heterocycles. The molecule has 2 aromatic rings. The van der Waals surface area contributed by atoms with Gasteiger partial charge in [-0.2, -0.15) is 13.2 Å². The molecular formula is C28H29F4N3O4. The van der Waals surface area contributed by atoms with Gasteiger partial charge in [0.2, 0.25) is 12.0 Å². The molecular weight excluding hydrogens is 518 g/mol. The molecule has 2 atom stereocenters. The molecule has 0 unspecified atom stereocenters. The molecule has 7 nitrogen and oxygen atoms in total. The molecule has 0 spiro atoms. The second-order valence-electron chi connectivity index (χ2n) is 9.85. The summed E-state index contributed by atoms with van der Waals surface area (Å²) in [6.07, 6.45) is -4.89. The summed E-state index contributed by atoms with van der Waals surface area (Å²) >= 11 is 0. The number of aldehydes is 1. The fraction of sp³-hybridized carbons (Fsp3) is 0.464. The highest BCUT2D eigenvalue weighted by Gasteiger charge is 2.35. The Bertz CT molecular complexity index is 1290. The summed E-state index contributed by atoms with van der Waals surface area (Å²) in [5.41, 5.74) is 5.89. The number of alkyl halides is 3. The van der Waals surface area contributed by atoms with Gasteiger partial charge in [0, 0.05) is 44.3 Å². The molecule has 3 aliphatic heterocycles. The second kappa shape index (κ2) is 11.8. The molecule has 11 heteroatoms. The molecule has 0 saturated carbocycles. The first-order valence-corrected chi connectivity index (χ1v) is 12.6. The number of carbonyl (C=O) groups excluding carboxylic acids is 2. The van der Waals surface area contributed by atoms with E-state index in [0.29, 0.717) is 30.4 Å². The minimum atomic E-state index is -4.64. The van der Waals surface area contributed by atoms with Crippen LogP contribution in [0.25, 0.3) is 4.85 Å². The predicted octanol–water partition coefficient (Wildman–Crippen LogP) is 4.71. The lowest BCUT2D eigenvalue weighted by molar-refractivity contribution is -0.156. The molecule has 0 N–H and O–H groups in total. The van der Waals surface area contributed by atoms with Gasteiger partial charge in [-0.1, -0.05) is 12.1 Å². The minimum absolute atomic E-state index is 0.0980. The van der Waals surface area contributed by atoms with Gasteiger partial charge in [0.15, 0.2) is 0 Å². The molecule has 0 radical (unpaired) electrons. The summed E-state index contributed by atoms with van der Waals surface area (Å²) in [4.78, 5) is 28.8. The van der Waals surface area contributed by atoms with Crippen LogP contribution in [-0.4, -0.2) is 73.6 Å². The maximum atomic E-state index is 13.9. The zero-order chi connectivity index (χ0) is 28.3. The monoisotopic (exact) mass is 547 g/mol. The molecule has 2 fully saturated rings. The Morgan fingerprint density at radius 3 is 2.56 bits per heavy atom. The van der Waals surface area contributed by atoms with Crippen LogP contribution in [0.1, 0.15) is 44.3 Å². The van der Waals surface area contributed by atoms with Crippen LogP contribution in [0.15, 0.2) is 24.3 Å². The van der Waals surface area contributed by atoms with Gasteiger partial charge in [0.05, 0.1) is 24.8 Å². The van der Waals surface area contributed by atoms with Gasteiger partial charge in [-0.05, 0) is 54.7 Å². The molecule has 0 bridgehead atoms. The van der Waals surface area contributed by atoms with E-state index in [4.69, 9.17) is 20.8 Å². The third-order valence-electron chi connectivity index (χ3n) is 7.57. The molecule has 0 aliphatic carbocycles. The number of nitrogens with zero attached hydrogens (tertiary/aromatic N) is 3. The maximum Gasteiger partial charge on any atom is 0.446 e. The number of hydrogen-bond acceptors (Lipinski definition) is 6. The van der Waals surface area contributed by atoms with E-state index in [1.165, 1.54) is 17.2 Å². The van der Waals surface area contributed by atoms with Crippen molar-refractivity contribution >= 4 is 17.9 Å². The highest BCUT2D eigenvalue weighted by atomic mass is 19.4. The van der Waals surface area contributed by atoms with Crippen LogP contribution in [0, 0.1) is 26.2 Å². The van der Waals surface area contributed by atoms with Crippen LogP contribution in [0.4, 0.5) is 23.2 Å². The second-order valence-corrected chi connectivity index (χ2v) is 9.85. The minimum Gasteiger partial charge on any atom is -0.457 e. The van der Waals surface area contributed by atoms with Crippen molar-refractivity contribution in [1.82, 2.24) is 9.80 Å². The summed E-state index contributed by atoms with van der Waals surface area (Å²) < 4.78 is 56.6. The highest BCUT2D eigenvalue weighted by Crippen LogP contribution is 2.34.